The number of amides is 1. The van der Waals surface area contributed by atoms with Crippen LogP contribution in [-0.4, -0.2) is 31.0 Å². The van der Waals surface area contributed by atoms with Crippen molar-refractivity contribution in [2.45, 2.75) is 5.92 Å². The SMILES string of the molecule is CN(CC#N)C(=O)C1COc2ccccc21. The lowest BCUT2D eigenvalue weighted by Gasteiger charge is -2.17. The minimum absolute atomic E-state index is 0.0634. The summed E-state index contributed by atoms with van der Waals surface area (Å²) in [5.41, 5.74) is 0.914. The summed E-state index contributed by atoms with van der Waals surface area (Å²) in [5.74, 6) is 0.437. The number of carbonyl (C=O) groups excluding carboxylic acids is 1. The van der Waals surface area contributed by atoms with Crippen LogP contribution in [0.15, 0.2) is 24.3 Å². The van der Waals surface area contributed by atoms with E-state index < -0.39 is 0 Å². The Morgan fingerprint density at radius 2 is 2.38 bits per heavy atom. The molecule has 4 nitrogen and oxygen atoms in total. The summed E-state index contributed by atoms with van der Waals surface area (Å²) < 4.78 is 5.43. The second-order valence-electron chi connectivity index (χ2n) is 3.75. The van der Waals surface area contributed by atoms with E-state index in [4.69, 9.17) is 10.00 Å². The monoisotopic (exact) mass is 216 g/mol. The van der Waals surface area contributed by atoms with Gasteiger partial charge in [-0.15, -0.1) is 0 Å². The fourth-order valence-electron chi connectivity index (χ4n) is 1.82. The molecule has 1 aliphatic heterocycles. The molecule has 0 fully saturated rings. The van der Waals surface area contributed by atoms with E-state index in [0.717, 1.165) is 11.3 Å². The Bertz CT molecular complexity index is 451. The number of benzene rings is 1. The van der Waals surface area contributed by atoms with E-state index in [2.05, 4.69) is 0 Å². The molecule has 1 unspecified atom stereocenters. The van der Waals surface area contributed by atoms with Crippen molar-refractivity contribution < 1.29 is 9.53 Å². The van der Waals surface area contributed by atoms with Crippen LogP contribution in [-0.2, 0) is 4.79 Å². The van der Waals surface area contributed by atoms with Gasteiger partial charge in [-0.05, 0) is 6.07 Å². The fraction of sp³-hybridized carbons (Fsp3) is 0.333. The Hall–Kier alpha value is -2.02. The zero-order valence-electron chi connectivity index (χ0n) is 9.01. The van der Waals surface area contributed by atoms with Crippen molar-refractivity contribution in [3.63, 3.8) is 0 Å². The molecule has 0 spiro atoms. The van der Waals surface area contributed by atoms with Gasteiger partial charge in [0.25, 0.3) is 0 Å². The molecule has 1 atom stereocenters. The Balaban J connectivity index is 2.20. The summed E-state index contributed by atoms with van der Waals surface area (Å²) in [6.07, 6.45) is 0. The lowest BCUT2D eigenvalue weighted by molar-refractivity contribution is -0.131. The summed E-state index contributed by atoms with van der Waals surface area (Å²) in [6.45, 7) is 0.478. The van der Waals surface area contributed by atoms with Gasteiger partial charge in [0.05, 0.1) is 6.07 Å². The highest BCUT2D eigenvalue weighted by molar-refractivity contribution is 5.85. The van der Waals surface area contributed by atoms with Crippen LogP contribution in [0.25, 0.3) is 0 Å². The number of para-hydroxylation sites is 1. The number of ether oxygens (including phenoxy) is 1. The number of nitrogens with zero attached hydrogens (tertiary/aromatic N) is 2. The lowest BCUT2D eigenvalue weighted by Crippen LogP contribution is -2.32. The highest BCUT2D eigenvalue weighted by Gasteiger charge is 2.31. The van der Waals surface area contributed by atoms with Crippen LogP contribution in [0.5, 0.6) is 5.75 Å². The second kappa shape index (κ2) is 4.23. The van der Waals surface area contributed by atoms with Crippen molar-refractivity contribution in [3.05, 3.63) is 29.8 Å². The van der Waals surface area contributed by atoms with E-state index in [-0.39, 0.29) is 18.4 Å². The molecule has 1 amide bonds. The van der Waals surface area contributed by atoms with Crippen LogP contribution in [0.2, 0.25) is 0 Å². The van der Waals surface area contributed by atoms with Gasteiger partial charge >= 0.3 is 0 Å². The maximum absolute atomic E-state index is 12.0. The van der Waals surface area contributed by atoms with Crippen molar-refractivity contribution in [3.8, 4) is 11.8 Å². The molecular weight excluding hydrogens is 204 g/mol. The summed E-state index contributed by atoms with van der Waals surface area (Å²) in [5, 5.41) is 8.55. The van der Waals surface area contributed by atoms with Crippen LogP contribution in [0.4, 0.5) is 0 Å². The Morgan fingerprint density at radius 1 is 1.62 bits per heavy atom. The fourth-order valence-corrected chi connectivity index (χ4v) is 1.82. The van der Waals surface area contributed by atoms with Gasteiger partial charge in [-0.25, -0.2) is 0 Å². The van der Waals surface area contributed by atoms with Crippen LogP contribution < -0.4 is 4.74 Å². The molecule has 0 radical (unpaired) electrons. The van der Waals surface area contributed by atoms with Crippen LogP contribution in [0.3, 0.4) is 0 Å². The smallest absolute Gasteiger partial charge is 0.234 e. The summed E-state index contributed by atoms with van der Waals surface area (Å²) >= 11 is 0. The molecule has 82 valence electrons. The van der Waals surface area contributed by atoms with Gasteiger partial charge in [-0.3, -0.25) is 4.79 Å². The average Bonchev–Trinajstić information content (AvgIpc) is 2.72. The molecule has 2 rings (SSSR count). The number of carbonyl (C=O) groups is 1. The second-order valence-corrected chi connectivity index (χ2v) is 3.75. The van der Waals surface area contributed by atoms with Gasteiger partial charge in [0, 0.05) is 12.6 Å². The normalized spacial score (nSPS) is 17.1. The highest BCUT2D eigenvalue weighted by atomic mass is 16.5. The number of likely N-dealkylation sites (N-methyl/N-ethyl adjacent to an activating group) is 1. The summed E-state index contributed by atoms with van der Waals surface area (Å²) in [7, 11) is 1.63. The first-order valence-electron chi connectivity index (χ1n) is 5.07. The first-order chi connectivity index (χ1) is 7.74. The van der Waals surface area contributed by atoms with Crippen LogP contribution >= 0.6 is 0 Å². The first-order valence-corrected chi connectivity index (χ1v) is 5.07. The number of hydrogen-bond donors (Lipinski definition) is 0. The Morgan fingerprint density at radius 3 is 3.12 bits per heavy atom. The van der Waals surface area contributed by atoms with Gasteiger partial charge in [0.1, 0.15) is 24.8 Å². The number of fused-ring (bicyclic) bond motifs is 1. The molecular formula is C12H12N2O2. The zero-order valence-corrected chi connectivity index (χ0v) is 9.01. The molecule has 0 saturated heterocycles. The van der Waals surface area contributed by atoms with E-state index in [1.54, 1.807) is 7.05 Å². The molecule has 16 heavy (non-hydrogen) atoms. The third-order valence-electron chi connectivity index (χ3n) is 2.68. The van der Waals surface area contributed by atoms with E-state index >= 15 is 0 Å². The van der Waals surface area contributed by atoms with E-state index in [1.165, 1.54) is 4.90 Å². The minimum Gasteiger partial charge on any atom is -0.492 e. The molecule has 0 saturated carbocycles. The molecule has 0 aromatic heterocycles. The average molecular weight is 216 g/mol. The molecule has 0 aliphatic carbocycles. The van der Waals surface area contributed by atoms with Gasteiger partial charge in [-0.1, -0.05) is 18.2 Å². The quantitative estimate of drug-likeness (QED) is 0.697. The number of nitriles is 1. The lowest BCUT2D eigenvalue weighted by atomic mass is 10.00. The first kappa shape index (κ1) is 10.5. The summed E-state index contributed by atoms with van der Waals surface area (Å²) in [6, 6.07) is 9.47. The molecule has 1 heterocycles. The van der Waals surface area contributed by atoms with Crippen molar-refractivity contribution in [2.24, 2.45) is 0 Å². The van der Waals surface area contributed by atoms with Crippen molar-refractivity contribution in [1.29, 1.82) is 5.26 Å². The van der Waals surface area contributed by atoms with Gasteiger partial charge in [0.2, 0.25) is 5.91 Å². The Labute approximate surface area is 94.0 Å². The minimum atomic E-state index is -0.269. The standard InChI is InChI=1S/C12H12N2O2/c1-14(7-6-13)12(15)10-8-16-11-5-3-2-4-9(10)11/h2-5,10H,7-8H2,1H3. The zero-order chi connectivity index (χ0) is 11.5. The van der Waals surface area contributed by atoms with Gasteiger partial charge < -0.3 is 9.64 Å². The topological polar surface area (TPSA) is 53.3 Å². The van der Waals surface area contributed by atoms with Crippen LogP contribution in [0, 0.1) is 11.3 Å². The summed E-state index contributed by atoms with van der Waals surface area (Å²) in [4.78, 5) is 13.4. The predicted molar refractivity (Wildman–Crippen MR) is 57.9 cm³/mol. The van der Waals surface area contributed by atoms with Gasteiger partial charge in [0.15, 0.2) is 0 Å². The molecule has 0 N–H and O–H groups in total. The van der Waals surface area contributed by atoms with Crippen molar-refractivity contribution >= 4 is 5.91 Å². The predicted octanol–water partition coefficient (Wildman–Crippen LogP) is 1.14. The maximum Gasteiger partial charge on any atom is 0.234 e. The molecule has 1 aromatic rings. The van der Waals surface area contributed by atoms with Crippen molar-refractivity contribution in [2.75, 3.05) is 20.2 Å². The van der Waals surface area contributed by atoms with E-state index in [0.29, 0.717) is 6.61 Å². The largest absolute Gasteiger partial charge is 0.492 e. The number of hydrogen-bond acceptors (Lipinski definition) is 3. The molecule has 0 bridgehead atoms. The Kier molecular flexibility index (Phi) is 2.78. The molecule has 1 aliphatic rings. The van der Waals surface area contributed by atoms with Gasteiger partial charge in [-0.2, -0.15) is 5.26 Å². The van der Waals surface area contributed by atoms with E-state index in [1.807, 2.05) is 30.3 Å². The van der Waals surface area contributed by atoms with Crippen molar-refractivity contribution in [1.82, 2.24) is 4.90 Å². The van der Waals surface area contributed by atoms with Crippen LogP contribution in [0.1, 0.15) is 11.5 Å². The van der Waals surface area contributed by atoms with E-state index in [9.17, 15) is 4.79 Å². The number of rotatable bonds is 2. The maximum atomic E-state index is 12.0. The third kappa shape index (κ3) is 1.72. The molecule has 1 aromatic carbocycles. The highest BCUT2D eigenvalue weighted by Crippen LogP contribution is 2.34. The third-order valence-corrected chi connectivity index (χ3v) is 2.68. The molecule has 4 heteroatoms.